The third kappa shape index (κ3) is 3.75. The number of rotatable bonds is 1. The van der Waals surface area contributed by atoms with Crippen LogP contribution in [-0.2, 0) is 4.79 Å². The Labute approximate surface area is 134 Å². The lowest BCUT2D eigenvalue weighted by Crippen LogP contribution is -2.50. The molecule has 1 saturated heterocycles. The van der Waals surface area contributed by atoms with E-state index in [0.29, 0.717) is 16.7 Å². The van der Waals surface area contributed by atoms with E-state index in [1.165, 1.54) is 0 Å². The van der Waals surface area contributed by atoms with Crippen LogP contribution in [0.25, 0.3) is 6.08 Å². The minimum Gasteiger partial charge on any atom is -0.340 e. The maximum Gasteiger partial charge on any atom is 0.276 e. The Balaban J connectivity index is 0.00000161. The van der Waals surface area contributed by atoms with E-state index in [4.69, 9.17) is 11.6 Å². The van der Waals surface area contributed by atoms with Crippen molar-refractivity contribution in [2.75, 3.05) is 26.2 Å². The molecule has 2 heterocycles. The second-order valence-electron chi connectivity index (χ2n) is 4.71. The zero-order valence-corrected chi connectivity index (χ0v) is 12.9. The first-order valence-corrected chi connectivity index (χ1v) is 6.93. The number of halogens is 2. The van der Waals surface area contributed by atoms with E-state index >= 15 is 0 Å². The molecule has 2 N–H and O–H groups in total. The van der Waals surface area contributed by atoms with Gasteiger partial charge in [-0.25, -0.2) is 4.99 Å². The molecule has 3 rings (SSSR count). The van der Waals surface area contributed by atoms with Gasteiger partial charge in [0.2, 0.25) is 5.96 Å². The van der Waals surface area contributed by atoms with Crippen molar-refractivity contribution in [1.82, 2.24) is 15.5 Å². The molecule has 5 nitrogen and oxygen atoms in total. The van der Waals surface area contributed by atoms with Crippen molar-refractivity contribution in [2.24, 2.45) is 4.99 Å². The minimum atomic E-state index is -0.159. The molecular formula is C14H16Cl2N4O. The van der Waals surface area contributed by atoms with Crippen LogP contribution in [0.3, 0.4) is 0 Å². The Morgan fingerprint density at radius 3 is 2.52 bits per heavy atom. The highest BCUT2D eigenvalue weighted by Crippen LogP contribution is 2.16. The summed E-state index contributed by atoms with van der Waals surface area (Å²) in [6.07, 6.45) is 1.76. The quantitative estimate of drug-likeness (QED) is 0.769. The average molecular weight is 327 g/mol. The molecule has 7 heteroatoms. The van der Waals surface area contributed by atoms with E-state index in [2.05, 4.69) is 20.5 Å². The van der Waals surface area contributed by atoms with Crippen LogP contribution in [0.4, 0.5) is 0 Å². The highest BCUT2D eigenvalue weighted by molar-refractivity contribution is 6.30. The van der Waals surface area contributed by atoms with Crippen molar-refractivity contribution in [3.05, 3.63) is 40.5 Å². The lowest BCUT2D eigenvalue weighted by Gasteiger charge is -2.28. The first kappa shape index (κ1) is 15.8. The van der Waals surface area contributed by atoms with Crippen molar-refractivity contribution < 1.29 is 4.79 Å². The van der Waals surface area contributed by atoms with E-state index < -0.39 is 0 Å². The predicted octanol–water partition coefficient (Wildman–Crippen LogP) is 1.49. The van der Waals surface area contributed by atoms with Crippen LogP contribution in [0, 0.1) is 0 Å². The average Bonchev–Trinajstić information content (AvgIpc) is 2.84. The summed E-state index contributed by atoms with van der Waals surface area (Å²) in [5.74, 6) is 0.491. The largest absolute Gasteiger partial charge is 0.340 e. The Morgan fingerprint density at radius 1 is 1.19 bits per heavy atom. The third-order valence-corrected chi connectivity index (χ3v) is 3.53. The molecule has 0 saturated carbocycles. The fraction of sp³-hybridized carbons (Fsp3) is 0.286. The standard InChI is InChI=1S/C14H15ClN4O.ClH/c15-11-3-1-10(2-4-11)9-12-13(20)18-14(17-12)19-7-5-16-6-8-19;/h1-4,9,16H,5-8H2,(H,17,18,20);1H. The molecule has 21 heavy (non-hydrogen) atoms. The molecule has 1 amide bonds. The molecule has 0 unspecified atom stereocenters. The van der Waals surface area contributed by atoms with Gasteiger partial charge in [0.05, 0.1) is 0 Å². The van der Waals surface area contributed by atoms with Crippen molar-refractivity contribution in [3.8, 4) is 0 Å². The van der Waals surface area contributed by atoms with Crippen LogP contribution in [0.5, 0.6) is 0 Å². The SMILES string of the molecule is Cl.O=C1NC(N2CCNCC2)=NC1=Cc1ccc(Cl)cc1. The molecule has 0 radical (unpaired) electrons. The van der Waals surface area contributed by atoms with Crippen molar-refractivity contribution >= 4 is 42.0 Å². The normalized spacial score (nSPS) is 20.0. The molecular weight excluding hydrogens is 311 g/mol. The van der Waals surface area contributed by atoms with E-state index in [-0.39, 0.29) is 18.3 Å². The molecule has 112 valence electrons. The molecule has 0 bridgehead atoms. The molecule has 0 aliphatic carbocycles. The summed E-state index contributed by atoms with van der Waals surface area (Å²) in [7, 11) is 0. The number of hydrogen-bond donors (Lipinski definition) is 2. The Morgan fingerprint density at radius 2 is 1.86 bits per heavy atom. The van der Waals surface area contributed by atoms with Gasteiger partial charge in [0.1, 0.15) is 5.70 Å². The van der Waals surface area contributed by atoms with Crippen molar-refractivity contribution in [1.29, 1.82) is 0 Å². The fourth-order valence-corrected chi connectivity index (χ4v) is 2.33. The van der Waals surface area contributed by atoms with Crippen LogP contribution in [0.2, 0.25) is 5.02 Å². The molecule has 1 aromatic rings. The Hall–Kier alpha value is -1.56. The van der Waals surface area contributed by atoms with Crippen LogP contribution in [0.15, 0.2) is 35.0 Å². The number of aliphatic imine (C=N–C) groups is 1. The number of carbonyl (C=O) groups excluding carboxylic acids is 1. The van der Waals surface area contributed by atoms with Gasteiger partial charge in [-0.15, -0.1) is 12.4 Å². The molecule has 2 aliphatic heterocycles. The van der Waals surface area contributed by atoms with Gasteiger partial charge in [0, 0.05) is 31.2 Å². The lowest BCUT2D eigenvalue weighted by atomic mass is 10.2. The summed E-state index contributed by atoms with van der Waals surface area (Å²) in [5, 5.41) is 6.76. The molecule has 0 spiro atoms. The number of guanidine groups is 1. The number of carbonyl (C=O) groups is 1. The number of piperazine rings is 1. The lowest BCUT2D eigenvalue weighted by molar-refractivity contribution is -0.115. The smallest absolute Gasteiger partial charge is 0.276 e. The summed E-state index contributed by atoms with van der Waals surface area (Å²) >= 11 is 5.84. The number of hydrogen-bond acceptors (Lipinski definition) is 4. The first-order valence-electron chi connectivity index (χ1n) is 6.55. The molecule has 0 atom stereocenters. The summed E-state index contributed by atoms with van der Waals surface area (Å²) in [4.78, 5) is 18.4. The van der Waals surface area contributed by atoms with E-state index in [0.717, 1.165) is 31.7 Å². The van der Waals surface area contributed by atoms with Gasteiger partial charge in [0.25, 0.3) is 5.91 Å². The van der Waals surface area contributed by atoms with Crippen LogP contribution in [-0.4, -0.2) is 42.9 Å². The van der Waals surface area contributed by atoms with Gasteiger partial charge < -0.3 is 10.2 Å². The summed E-state index contributed by atoms with van der Waals surface area (Å²) in [6, 6.07) is 7.31. The molecule has 2 aliphatic rings. The molecule has 0 aromatic heterocycles. The Bertz CT molecular complexity index is 577. The number of nitrogens with one attached hydrogen (secondary N) is 2. The summed E-state index contributed by atoms with van der Waals surface area (Å²) in [6.45, 7) is 3.52. The minimum absolute atomic E-state index is 0. The van der Waals surface area contributed by atoms with Gasteiger partial charge in [0.15, 0.2) is 0 Å². The summed E-state index contributed by atoms with van der Waals surface area (Å²) in [5.41, 5.74) is 1.34. The Kier molecular flexibility index (Phi) is 5.22. The van der Waals surface area contributed by atoms with E-state index in [1.54, 1.807) is 18.2 Å². The van der Waals surface area contributed by atoms with Crippen LogP contribution < -0.4 is 10.6 Å². The second kappa shape index (κ2) is 6.93. The highest BCUT2D eigenvalue weighted by Gasteiger charge is 2.25. The zero-order valence-electron chi connectivity index (χ0n) is 11.3. The predicted molar refractivity (Wildman–Crippen MR) is 86.7 cm³/mol. The number of nitrogens with zero attached hydrogens (tertiary/aromatic N) is 2. The molecule has 1 aromatic carbocycles. The van der Waals surface area contributed by atoms with Gasteiger partial charge in [-0.3, -0.25) is 10.1 Å². The van der Waals surface area contributed by atoms with Gasteiger partial charge in [-0.2, -0.15) is 0 Å². The zero-order chi connectivity index (χ0) is 13.9. The monoisotopic (exact) mass is 326 g/mol. The van der Waals surface area contributed by atoms with Crippen LogP contribution >= 0.6 is 24.0 Å². The van der Waals surface area contributed by atoms with E-state index in [9.17, 15) is 4.79 Å². The fourth-order valence-electron chi connectivity index (χ4n) is 2.20. The first-order chi connectivity index (χ1) is 9.72. The van der Waals surface area contributed by atoms with Crippen LogP contribution in [0.1, 0.15) is 5.56 Å². The topological polar surface area (TPSA) is 56.7 Å². The van der Waals surface area contributed by atoms with Crippen molar-refractivity contribution in [2.45, 2.75) is 0 Å². The maximum absolute atomic E-state index is 11.9. The maximum atomic E-state index is 11.9. The van der Waals surface area contributed by atoms with E-state index in [1.807, 2.05) is 12.1 Å². The van der Waals surface area contributed by atoms with Gasteiger partial charge >= 0.3 is 0 Å². The van der Waals surface area contributed by atoms with Crippen molar-refractivity contribution in [3.63, 3.8) is 0 Å². The highest BCUT2D eigenvalue weighted by atomic mass is 35.5. The van der Waals surface area contributed by atoms with Gasteiger partial charge in [-0.05, 0) is 23.8 Å². The molecule has 1 fully saturated rings. The second-order valence-corrected chi connectivity index (χ2v) is 5.14. The van der Waals surface area contributed by atoms with Gasteiger partial charge in [-0.1, -0.05) is 23.7 Å². The summed E-state index contributed by atoms with van der Waals surface area (Å²) < 4.78 is 0. The number of amides is 1. The third-order valence-electron chi connectivity index (χ3n) is 3.27. The number of benzene rings is 1.